The molecule has 0 atom stereocenters. The Morgan fingerprint density at radius 1 is 0.889 bits per heavy atom. The van der Waals surface area contributed by atoms with E-state index in [1.54, 1.807) is 24.3 Å². The van der Waals surface area contributed by atoms with Gasteiger partial charge >= 0.3 is 0 Å². The van der Waals surface area contributed by atoms with Gasteiger partial charge in [-0.15, -0.1) is 0 Å². The van der Waals surface area contributed by atoms with Crippen LogP contribution in [0.25, 0.3) is 0 Å². The second-order valence-corrected chi connectivity index (χ2v) is 9.91. The molecule has 1 aromatic heterocycles. The highest BCUT2D eigenvalue weighted by molar-refractivity contribution is 6.30. The van der Waals surface area contributed by atoms with Crippen LogP contribution in [0.1, 0.15) is 39.6 Å². The van der Waals surface area contributed by atoms with E-state index >= 15 is 0 Å². The van der Waals surface area contributed by atoms with E-state index in [0.717, 1.165) is 28.5 Å². The van der Waals surface area contributed by atoms with Crippen molar-refractivity contribution < 1.29 is 8.78 Å². The first-order valence-corrected chi connectivity index (χ1v) is 12.3. The number of rotatable bonds is 5. The van der Waals surface area contributed by atoms with Crippen LogP contribution in [0.4, 0.5) is 8.78 Å². The molecule has 0 spiro atoms. The molecule has 8 heteroatoms. The lowest BCUT2D eigenvalue weighted by Gasteiger charge is -2.30. The minimum Gasteiger partial charge on any atom is -0.294 e. The van der Waals surface area contributed by atoms with Crippen LogP contribution in [-0.4, -0.2) is 21.2 Å². The van der Waals surface area contributed by atoms with Gasteiger partial charge in [-0.2, -0.15) is 5.10 Å². The Morgan fingerprint density at radius 2 is 1.44 bits per heavy atom. The zero-order valence-electron chi connectivity index (χ0n) is 19.5. The van der Waals surface area contributed by atoms with E-state index in [4.69, 9.17) is 28.3 Å². The molecule has 0 aliphatic carbocycles. The summed E-state index contributed by atoms with van der Waals surface area (Å²) in [5.41, 5.74) is 4.43. The number of halogens is 4. The molecule has 0 radical (unpaired) electrons. The van der Waals surface area contributed by atoms with Crippen molar-refractivity contribution in [1.29, 1.82) is 0 Å². The fourth-order valence-corrected chi connectivity index (χ4v) is 5.11. The summed E-state index contributed by atoms with van der Waals surface area (Å²) in [5.74, 6) is -1.22. The van der Waals surface area contributed by atoms with E-state index in [1.807, 2.05) is 36.1 Å². The fourth-order valence-electron chi connectivity index (χ4n) is 4.86. The number of fused-ring (bicyclic) bond motifs is 1. The van der Waals surface area contributed by atoms with Crippen LogP contribution in [-0.2, 0) is 19.5 Å². The number of hydrogen-bond acceptors (Lipinski definition) is 3. The zero-order chi connectivity index (χ0) is 25.4. The normalized spacial score (nSPS) is 13.7. The topological polar surface area (TPSA) is 38.1 Å². The maximum absolute atomic E-state index is 13.9. The van der Waals surface area contributed by atoms with Gasteiger partial charge in [0.2, 0.25) is 0 Å². The third-order valence-electron chi connectivity index (χ3n) is 6.53. The molecule has 0 saturated carbocycles. The predicted molar refractivity (Wildman–Crippen MR) is 138 cm³/mol. The average Bonchev–Trinajstić information content (AvgIpc) is 2.84. The third-order valence-corrected chi connectivity index (χ3v) is 7.03. The highest BCUT2D eigenvalue weighted by atomic mass is 35.5. The molecule has 0 amide bonds. The van der Waals surface area contributed by atoms with Crippen LogP contribution in [0.3, 0.4) is 0 Å². The summed E-state index contributed by atoms with van der Waals surface area (Å²) >= 11 is 12.3. The second kappa shape index (κ2) is 10.1. The molecule has 3 aromatic carbocycles. The molecule has 184 valence electrons. The van der Waals surface area contributed by atoms with Gasteiger partial charge in [0, 0.05) is 41.3 Å². The zero-order valence-corrected chi connectivity index (χ0v) is 21.0. The Balaban J connectivity index is 1.56. The lowest BCUT2D eigenvalue weighted by Crippen LogP contribution is -2.40. The largest absolute Gasteiger partial charge is 0.294 e. The summed E-state index contributed by atoms with van der Waals surface area (Å²) in [7, 11) is 0. The molecule has 0 unspecified atom stereocenters. The van der Waals surface area contributed by atoms with Crippen LogP contribution < -0.4 is 5.56 Å². The number of hydrogen-bond donors (Lipinski definition) is 0. The van der Waals surface area contributed by atoms with Gasteiger partial charge in [0.15, 0.2) is 0 Å². The number of nitrogens with zero attached hydrogens (tertiary/aromatic N) is 3. The van der Waals surface area contributed by atoms with Crippen LogP contribution >= 0.6 is 23.2 Å². The minimum atomic E-state index is -0.612. The van der Waals surface area contributed by atoms with Crippen molar-refractivity contribution in [2.45, 2.75) is 32.5 Å². The molecule has 0 N–H and O–H groups in total. The monoisotopic (exact) mass is 525 g/mol. The SMILES string of the molecule is Cc1nn(C(c2ccc(Cl)cc2)c2ccc(Cl)cc2)c(=O)c2c1CCN(Cc1cc(F)cc(F)c1)C2. The molecule has 36 heavy (non-hydrogen) atoms. The summed E-state index contributed by atoms with van der Waals surface area (Å²) in [6.07, 6.45) is 0.634. The summed E-state index contributed by atoms with van der Waals surface area (Å²) < 4.78 is 29.0. The number of benzene rings is 3. The van der Waals surface area contributed by atoms with Crippen molar-refractivity contribution in [3.8, 4) is 0 Å². The molecular weight excluding hydrogens is 503 g/mol. The molecule has 5 rings (SSSR count). The lowest BCUT2D eigenvalue weighted by molar-refractivity contribution is 0.240. The van der Waals surface area contributed by atoms with Crippen molar-refractivity contribution in [1.82, 2.24) is 14.7 Å². The molecule has 4 nitrogen and oxygen atoms in total. The Bertz CT molecular complexity index is 1400. The average molecular weight is 526 g/mol. The highest BCUT2D eigenvalue weighted by Gasteiger charge is 2.27. The van der Waals surface area contributed by atoms with Crippen molar-refractivity contribution in [3.63, 3.8) is 0 Å². The maximum Gasteiger partial charge on any atom is 0.272 e. The minimum absolute atomic E-state index is 0.194. The van der Waals surface area contributed by atoms with Gasteiger partial charge in [0.05, 0.1) is 5.69 Å². The Labute approximate surface area is 217 Å². The smallest absolute Gasteiger partial charge is 0.272 e. The first-order chi connectivity index (χ1) is 17.3. The molecule has 0 fully saturated rings. The van der Waals surface area contributed by atoms with Gasteiger partial charge in [-0.05, 0) is 72.0 Å². The first-order valence-electron chi connectivity index (χ1n) is 11.6. The van der Waals surface area contributed by atoms with E-state index in [1.165, 1.54) is 16.8 Å². The summed E-state index contributed by atoms with van der Waals surface area (Å²) in [4.78, 5) is 15.9. The van der Waals surface area contributed by atoms with Crippen LogP contribution in [0.15, 0.2) is 71.5 Å². The fraction of sp³-hybridized carbons (Fsp3) is 0.214. The highest BCUT2D eigenvalue weighted by Crippen LogP contribution is 2.29. The molecule has 0 saturated heterocycles. The number of aryl methyl sites for hydroxylation is 1. The van der Waals surface area contributed by atoms with Crippen LogP contribution in [0.2, 0.25) is 10.0 Å². The quantitative estimate of drug-likeness (QED) is 0.305. The van der Waals surface area contributed by atoms with E-state index < -0.39 is 17.7 Å². The molecular formula is C28H23Cl2F2N3O. The maximum atomic E-state index is 13.9. The van der Waals surface area contributed by atoms with E-state index in [-0.39, 0.29) is 5.56 Å². The van der Waals surface area contributed by atoms with Gasteiger partial charge in [0.1, 0.15) is 17.7 Å². The Morgan fingerprint density at radius 3 is 2.00 bits per heavy atom. The van der Waals surface area contributed by atoms with Gasteiger partial charge < -0.3 is 0 Å². The van der Waals surface area contributed by atoms with E-state index in [0.29, 0.717) is 47.2 Å². The lowest BCUT2D eigenvalue weighted by atomic mass is 9.96. The molecule has 1 aliphatic rings. The predicted octanol–water partition coefficient (Wildman–Crippen LogP) is 6.33. The second-order valence-electron chi connectivity index (χ2n) is 9.04. The molecule has 2 heterocycles. The third kappa shape index (κ3) is 5.07. The van der Waals surface area contributed by atoms with Crippen LogP contribution in [0.5, 0.6) is 0 Å². The molecule has 4 aromatic rings. The Kier molecular flexibility index (Phi) is 6.93. The first kappa shape index (κ1) is 24.6. The van der Waals surface area contributed by atoms with Gasteiger partial charge in [0.25, 0.3) is 5.56 Å². The summed E-state index contributed by atoms with van der Waals surface area (Å²) in [5, 5.41) is 5.93. The van der Waals surface area contributed by atoms with E-state index in [2.05, 4.69) is 0 Å². The van der Waals surface area contributed by atoms with Crippen molar-refractivity contribution in [2.75, 3.05) is 6.54 Å². The summed E-state index contributed by atoms with van der Waals surface area (Å²) in [6, 6.07) is 17.7. The van der Waals surface area contributed by atoms with Gasteiger partial charge in [-0.1, -0.05) is 47.5 Å². The van der Waals surface area contributed by atoms with Gasteiger partial charge in [-0.3, -0.25) is 9.69 Å². The summed E-state index contributed by atoms with van der Waals surface area (Å²) in [6.45, 7) is 3.28. The van der Waals surface area contributed by atoms with Gasteiger partial charge in [-0.25, -0.2) is 13.5 Å². The standard InChI is InChI=1S/C28H23Cl2F2N3O/c1-17-25-10-11-34(15-18-12-23(31)14-24(32)13-18)16-26(25)28(36)35(33-17)27(19-2-6-21(29)7-3-19)20-4-8-22(30)9-5-20/h2-9,12-14,27H,10-11,15-16H2,1H3. The number of aromatic nitrogens is 2. The molecule has 1 aliphatic heterocycles. The van der Waals surface area contributed by atoms with Crippen molar-refractivity contribution in [2.24, 2.45) is 0 Å². The van der Waals surface area contributed by atoms with Crippen molar-refractivity contribution in [3.05, 3.63) is 132 Å². The van der Waals surface area contributed by atoms with Crippen LogP contribution in [0, 0.1) is 18.6 Å². The Hall–Kier alpha value is -3.06. The van der Waals surface area contributed by atoms with Crippen molar-refractivity contribution >= 4 is 23.2 Å². The molecule has 0 bridgehead atoms. The van der Waals surface area contributed by atoms with E-state index in [9.17, 15) is 13.6 Å².